The quantitative estimate of drug-likeness (QED) is 0.348. The zero-order chi connectivity index (χ0) is 24.1. The molecule has 3 atom stereocenters. The molecule has 2 aliphatic rings. The van der Waals surface area contributed by atoms with E-state index in [0.29, 0.717) is 40.3 Å². The van der Waals surface area contributed by atoms with E-state index in [1.165, 1.54) is 7.11 Å². The molecule has 1 heterocycles. The normalized spacial score (nSPS) is 22.5. The number of ketones is 1. The van der Waals surface area contributed by atoms with Crippen LogP contribution in [0.1, 0.15) is 38.7 Å². The van der Waals surface area contributed by atoms with Gasteiger partial charge in [0.05, 0.1) is 25.7 Å². The highest BCUT2D eigenvalue weighted by Gasteiger charge is 2.47. The van der Waals surface area contributed by atoms with Crippen molar-refractivity contribution in [2.24, 2.45) is 11.8 Å². The van der Waals surface area contributed by atoms with E-state index in [0.717, 1.165) is 11.4 Å². The number of Topliss-reactive ketones (excluding diaryl/α,β-unsaturated/α-hetero) is 1. The fourth-order valence-corrected chi connectivity index (χ4v) is 5.07. The maximum atomic E-state index is 13.7. The predicted octanol–water partition coefficient (Wildman–Crippen LogP) is 3.60. The third-order valence-electron chi connectivity index (χ3n) is 6.08. The average Bonchev–Trinajstić information content (AvgIpc) is 2.80. The summed E-state index contributed by atoms with van der Waals surface area (Å²) in [5, 5.41) is 3.27. The van der Waals surface area contributed by atoms with Crippen molar-refractivity contribution >= 4 is 29.5 Å². The Hall–Kier alpha value is -2.74. The number of allylic oxidation sites excluding steroid dienone is 3. The van der Waals surface area contributed by atoms with Crippen LogP contribution in [-0.4, -0.2) is 50.1 Å². The molecule has 0 radical (unpaired) electrons. The monoisotopic (exact) mass is 473 g/mol. The fraction of sp³-hybridized carbons (Fsp3) is 0.480. The molecular weight excluding hydrogens is 442 g/mol. The number of benzene rings is 1. The Bertz CT molecular complexity index is 998. The molecule has 0 unspecified atom stereocenters. The van der Waals surface area contributed by atoms with Gasteiger partial charge in [-0.25, -0.2) is 4.79 Å². The Kier molecular flexibility index (Phi) is 8.24. The van der Waals surface area contributed by atoms with Gasteiger partial charge in [-0.1, -0.05) is 32.0 Å². The van der Waals surface area contributed by atoms with Gasteiger partial charge in [0.25, 0.3) is 0 Å². The number of nitrogens with one attached hydrogen (secondary N) is 1. The molecule has 7 nitrogen and oxygen atoms in total. The molecule has 1 aliphatic heterocycles. The van der Waals surface area contributed by atoms with Crippen LogP contribution in [0.3, 0.4) is 0 Å². The number of ether oxygens (including phenoxy) is 3. The van der Waals surface area contributed by atoms with Crippen LogP contribution in [0.15, 0.2) is 46.8 Å². The second-order valence-electron chi connectivity index (χ2n) is 8.11. The van der Waals surface area contributed by atoms with Crippen LogP contribution >= 0.6 is 11.8 Å². The van der Waals surface area contributed by atoms with E-state index in [2.05, 4.69) is 5.32 Å². The highest BCUT2D eigenvalue weighted by Crippen LogP contribution is 2.47. The van der Waals surface area contributed by atoms with Crippen molar-refractivity contribution in [1.29, 1.82) is 0 Å². The Balaban J connectivity index is 2.12. The molecule has 0 saturated heterocycles. The SMILES string of the molecule is CCSCCOC(=O)C1=C(C)NC2=C(C(=O)[C@@H](C(=O)OC)[C@H](C)C2)[C@@H]1c1ccccc1OC. The first kappa shape index (κ1) is 24.9. The van der Waals surface area contributed by atoms with Crippen molar-refractivity contribution in [2.75, 3.05) is 32.3 Å². The van der Waals surface area contributed by atoms with E-state index in [9.17, 15) is 14.4 Å². The van der Waals surface area contributed by atoms with Gasteiger partial charge in [-0.05, 0) is 31.1 Å². The maximum absolute atomic E-state index is 13.7. The van der Waals surface area contributed by atoms with Gasteiger partial charge in [-0.2, -0.15) is 11.8 Å². The summed E-state index contributed by atoms with van der Waals surface area (Å²) in [7, 11) is 2.83. The predicted molar refractivity (Wildman–Crippen MR) is 127 cm³/mol. The van der Waals surface area contributed by atoms with E-state index in [-0.39, 0.29) is 18.3 Å². The average molecular weight is 474 g/mol. The summed E-state index contributed by atoms with van der Waals surface area (Å²) in [4.78, 5) is 39.5. The largest absolute Gasteiger partial charge is 0.496 e. The lowest BCUT2D eigenvalue weighted by atomic mass is 9.69. The van der Waals surface area contributed by atoms with Crippen LogP contribution in [0, 0.1) is 11.8 Å². The lowest BCUT2D eigenvalue weighted by Crippen LogP contribution is -2.43. The fourth-order valence-electron chi connectivity index (χ4n) is 4.58. The molecular formula is C25H31NO6S. The van der Waals surface area contributed by atoms with Crippen molar-refractivity contribution in [1.82, 2.24) is 5.32 Å². The minimum atomic E-state index is -0.926. The number of esters is 2. The zero-order valence-electron chi connectivity index (χ0n) is 19.7. The second kappa shape index (κ2) is 10.9. The van der Waals surface area contributed by atoms with Gasteiger partial charge < -0.3 is 19.5 Å². The molecule has 1 N–H and O–H groups in total. The zero-order valence-corrected chi connectivity index (χ0v) is 20.5. The van der Waals surface area contributed by atoms with Crippen molar-refractivity contribution in [2.45, 2.75) is 33.1 Å². The summed E-state index contributed by atoms with van der Waals surface area (Å²) < 4.78 is 16.1. The summed E-state index contributed by atoms with van der Waals surface area (Å²) in [5.74, 6) is -1.08. The molecule has 3 rings (SSSR count). The van der Waals surface area contributed by atoms with Crippen molar-refractivity contribution in [3.05, 3.63) is 52.4 Å². The molecule has 178 valence electrons. The third kappa shape index (κ3) is 4.95. The van der Waals surface area contributed by atoms with E-state index >= 15 is 0 Å². The van der Waals surface area contributed by atoms with Gasteiger partial charge in [0.2, 0.25) is 0 Å². The van der Waals surface area contributed by atoms with Crippen LogP contribution in [0.2, 0.25) is 0 Å². The number of carbonyl (C=O) groups excluding carboxylic acids is 3. The molecule has 1 aliphatic carbocycles. The summed E-state index contributed by atoms with van der Waals surface area (Å²) in [5.41, 5.74) is 2.78. The third-order valence-corrected chi connectivity index (χ3v) is 6.94. The lowest BCUT2D eigenvalue weighted by molar-refractivity contribution is -0.151. The second-order valence-corrected chi connectivity index (χ2v) is 9.50. The summed E-state index contributed by atoms with van der Waals surface area (Å²) >= 11 is 1.68. The first-order valence-electron chi connectivity index (χ1n) is 11.1. The van der Waals surface area contributed by atoms with E-state index in [1.807, 2.05) is 39.0 Å². The highest BCUT2D eigenvalue weighted by molar-refractivity contribution is 7.99. The number of thioether (sulfide) groups is 1. The van der Waals surface area contributed by atoms with Gasteiger partial charge in [-0.3, -0.25) is 9.59 Å². The molecule has 0 aromatic heterocycles. The molecule has 0 fully saturated rings. The summed E-state index contributed by atoms with van der Waals surface area (Å²) in [6.07, 6.45) is 0.485. The Morgan fingerprint density at radius 1 is 1.21 bits per heavy atom. The Labute approximate surface area is 198 Å². The van der Waals surface area contributed by atoms with Crippen LogP contribution in [0.5, 0.6) is 5.75 Å². The summed E-state index contributed by atoms with van der Waals surface area (Å²) in [6, 6.07) is 7.30. The first-order valence-corrected chi connectivity index (χ1v) is 12.2. The van der Waals surface area contributed by atoms with Gasteiger partial charge in [-0.15, -0.1) is 0 Å². The minimum absolute atomic E-state index is 0.234. The number of methoxy groups -OCH3 is 2. The van der Waals surface area contributed by atoms with Crippen molar-refractivity contribution in [3.8, 4) is 5.75 Å². The molecule has 0 bridgehead atoms. The smallest absolute Gasteiger partial charge is 0.336 e. The van der Waals surface area contributed by atoms with Crippen molar-refractivity contribution in [3.63, 3.8) is 0 Å². The number of carbonyl (C=O) groups is 3. The minimum Gasteiger partial charge on any atom is -0.496 e. The van der Waals surface area contributed by atoms with Crippen LogP contribution in [0.25, 0.3) is 0 Å². The molecule has 0 amide bonds. The first-order chi connectivity index (χ1) is 15.8. The van der Waals surface area contributed by atoms with Crippen LogP contribution < -0.4 is 10.1 Å². The van der Waals surface area contributed by atoms with Crippen LogP contribution in [0.4, 0.5) is 0 Å². The van der Waals surface area contributed by atoms with E-state index < -0.39 is 23.8 Å². The maximum Gasteiger partial charge on any atom is 0.336 e. The Morgan fingerprint density at radius 2 is 1.94 bits per heavy atom. The van der Waals surface area contributed by atoms with Crippen molar-refractivity contribution < 1.29 is 28.6 Å². The molecule has 0 spiro atoms. The molecule has 1 aromatic rings. The molecule has 8 heteroatoms. The molecule has 33 heavy (non-hydrogen) atoms. The van der Waals surface area contributed by atoms with Gasteiger partial charge in [0.15, 0.2) is 5.78 Å². The van der Waals surface area contributed by atoms with Gasteiger partial charge in [0.1, 0.15) is 18.3 Å². The number of dihydropyridines is 1. The molecule has 1 aromatic carbocycles. The topological polar surface area (TPSA) is 90.9 Å². The Morgan fingerprint density at radius 3 is 2.61 bits per heavy atom. The van der Waals surface area contributed by atoms with E-state index in [1.54, 1.807) is 24.9 Å². The van der Waals surface area contributed by atoms with Crippen LogP contribution in [-0.2, 0) is 23.9 Å². The molecule has 0 saturated carbocycles. The number of hydrogen-bond acceptors (Lipinski definition) is 8. The standard InChI is InChI=1S/C25H31NO6S/c1-6-33-12-11-32-25(29)20-15(3)26-17-13-14(2)19(24(28)31-5)23(27)22(17)21(20)16-9-7-8-10-18(16)30-4/h7-10,14,19,21,26H,6,11-13H2,1-5H3/t14-,19+,21-/m1/s1. The highest BCUT2D eigenvalue weighted by atomic mass is 32.2. The van der Waals surface area contributed by atoms with Gasteiger partial charge in [0, 0.05) is 28.3 Å². The summed E-state index contributed by atoms with van der Waals surface area (Å²) in [6.45, 7) is 5.99. The number of rotatable bonds is 8. The lowest BCUT2D eigenvalue weighted by Gasteiger charge is -2.38. The van der Waals surface area contributed by atoms with E-state index in [4.69, 9.17) is 14.2 Å². The number of hydrogen-bond donors (Lipinski definition) is 1. The number of para-hydroxylation sites is 1. The van der Waals surface area contributed by atoms with Gasteiger partial charge >= 0.3 is 11.9 Å².